The molecule has 6 nitrogen and oxygen atoms in total. The van der Waals surface area contributed by atoms with E-state index in [9.17, 15) is 4.79 Å². The lowest BCUT2D eigenvalue weighted by Crippen LogP contribution is -2.55. The fraction of sp³-hybridized carbons (Fsp3) is 0.700. The van der Waals surface area contributed by atoms with Crippen molar-refractivity contribution in [2.75, 3.05) is 45.9 Å². The number of rotatable bonds is 5. The molecule has 0 aliphatic carbocycles. The molecule has 1 N–H and O–H groups in total. The molecule has 1 unspecified atom stereocenters. The molecule has 150 valence electrons. The number of ether oxygens (including phenoxy) is 1. The van der Waals surface area contributed by atoms with E-state index in [4.69, 9.17) is 9.73 Å². The van der Waals surface area contributed by atoms with Crippen LogP contribution in [0.1, 0.15) is 38.5 Å². The Morgan fingerprint density at radius 3 is 2.67 bits per heavy atom. The van der Waals surface area contributed by atoms with Gasteiger partial charge in [-0.05, 0) is 31.2 Å². The van der Waals surface area contributed by atoms with Crippen LogP contribution in [-0.4, -0.2) is 73.6 Å². The summed E-state index contributed by atoms with van der Waals surface area (Å²) in [6, 6.07) is 4.28. The quantitative estimate of drug-likeness (QED) is 0.617. The average Bonchev–Trinajstić information content (AvgIpc) is 3.39. The minimum Gasteiger partial charge on any atom is -0.368 e. The molecule has 0 saturated carbocycles. The normalized spacial score (nSPS) is 21.6. The van der Waals surface area contributed by atoms with Gasteiger partial charge in [0.1, 0.15) is 6.10 Å². The van der Waals surface area contributed by atoms with E-state index in [0.717, 1.165) is 58.1 Å². The van der Waals surface area contributed by atoms with Gasteiger partial charge in [-0.3, -0.25) is 9.79 Å². The van der Waals surface area contributed by atoms with Crippen molar-refractivity contribution >= 4 is 23.2 Å². The molecule has 1 atom stereocenters. The van der Waals surface area contributed by atoms with Gasteiger partial charge in [-0.2, -0.15) is 0 Å². The van der Waals surface area contributed by atoms with Crippen LogP contribution in [0.25, 0.3) is 0 Å². The molecule has 3 heterocycles. The molecule has 7 heteroatoms. The van der Waals surface area contributed by atoms with Gasteiger partial charge in [-0.1, -0.05) is 19.9 Å². The van der Waals surface area contributed by atoms with E-state index < -0.39 is 0 Å². The Bertz CT molecular complexity index is 630. The number of guanidine groups is 1. The first-order chi connectivity index (χ1) is 13.0. The molecule has 0 bridgehead atoms. The first-order valence-corrected chi connectivity index (χ1v) is 10.9. The molecule has 3 rings (SSSR count). The van der Waals surface area contributed by atoms with Gasteiger partial charge in [0, 0.05) is 49.6 Å². The predicted octanol–water partition coefficient (Wildman–Crippen LogP) is 2.31. The lowest BCUT2D eigenvalue weighted by molar-refractivity contribution is -0.142. The third-order valence-corrected chi connectivity index (χ3v) is 6.48. The second kappa shape index (κ2) is 9.06. The summed E-state index contributed by atoms with van der Waals surface area (Å²) in [6.07, 6.45) is 1.64. The number of piperazine rings is 1. The van der Waals surface area contributed by atoms with Crippen molar-refractivity contribution < 1.29 is 9.53 Å². The third kappa shape index (κ3) is 5.02. The Kier molecular flexibility index (Phi) is 6.76. The van der Waals surface area contributed by atoms with Crippen LogP contribution in [-0.2, 0) is 14.9 Å². The largest absolute Gasteiger partial charge is 0.368 e. The van der Waals surface area contributed by atoms with Crippen LogP contribution < -0.4 is 5.32 Å². The SMILES string of the molecule is CCNC(=NCC(C)(C)c1cccs1)N1CCN(C(=O)C2CCCO2)CC1. The summed E-state index contributed by atoms with van der Waals surface area (Å²) in [5, 5.41) is 5.54. The Hall–Kier alpha value is -1.60. The smallest absolute Gasteiger partial charge is 0.251 e. The standard InChI is InChI=1S/C20H32N4O2S/c1-4-21-19(22-15-20(2,3)17-8-6-14-27-17)24-11-9-23(10-12-24)18(25)16-7-5-13-26-16/h6,8,14,16H,4-5,7,9-13,15H2,1-3H3,(H,21,22). The number of nitrogens with one attached hydrogen (secondary N) is 1. The number of carbonyl (C=O) groups is 1. The Morgan fingerprint density at radius 2 is 2.07 bits per heavy atom. The summed E-state index contributed by atoms with van der Waals surface area (Å²) in [4.78, 5) is 23.0. The van der Waals surface area contributed by atoms with Crippen molar-refractivity contribution in [3.05, 3.63) is 22.4 Å². The van der Waals surface area contributed by atoms with Crippen LogP contribution in [0.3, 0.4) is 0 Å². The predicted molar refractivity (Wildman–Crippen MR) is 110 cm³/mol. The van der Waals surface area contributed by atoms with Gasteiger partial charge in [0.05, 0.1) is 6.54 Å². The highest BCUT2D eigenvalue weighted by molar-refractivity contribution is 7.10. The molecule has 2 fully saturated rings. The number of nitrogens with zero attached hydrogens (tertiary/aromatic N) is 3. The zero-order chi connectivity index (χ0) is 19.3. The molecule has 27 heavy (non-hydrogen) atoms. The topological polar surface area (TPSA) is 57.2 Å². The van der Waals surface area contributed by atoms with Gasteiger partial charge in [-0.25, -0.2) is 0 Å². The fourth-order valence-corrected chi connectivity index (χ4v) is 4.40. The van der Waals surface area contributed by atoms with Crippen LogP contribution in [0.15, 0.2) is 22.5 Å². The van der Waals surface area contributed by atoms with E-state index in [1.807, 2.05) is 4.90 Å². The van der Waals surface area contributed by atoms with E-state index >= 15 is 0 Å². The number of hydrogen-bond donors (Lipinski definition) is 1. The van der Waals surface area contributed by atoms with Crippen molar-refractivity contribution in [3.63, 3.8) is 0 Å². The van der Waals surface area contributed by atoms with Crippen LogP contribution in [0.4, 0.5) is 0 Å². The van der Waals surface area contributed by atoms with Crippen LogP contribution in [0, 0.1) is 0 Å². The van der Waals surface area contributed by atoms with Crippen molar-refractivity contribution in [2.45, 2.75) is 45.1 Å². The highest BCUT2D eigenvalue weighted by Gasteiger charge is 2.31. The summed E-state index contributed by atoms with van der Waals surface area (Å²) in [7, 11) is 0. The molecule has 2 saturated heterocycles. The Morgan fingerprint density at radius 1 is 1.33 bits per heavy atom. The first-order valence-electron chi connectivity index (χ1n) is 9.99. The van der Waals surface area contributed by atoms with Crippen molar-refractivity contribution in [1.82, 2.24) is 15.1 Å². The second-order valence-electron chi connectivity index (χ2n) is 7.85. The van der Waals surface area contributed by atoms with Gasteiger partial charge < -0.3 is 19.9 Å². The van der Waals surface area contributed by atoms with Gasteiger partial charge in [0.2, 0.25) is 0 Å². The van der Waals surface area contributed by atoms with E-state index in [0.29, 0.717) is 6.61 Å². The van der Waals surface area contributed by atoms with Gasteiger partial charge >= 0.3 is 0 Å². The van der Waals surface area contributed by atoms with E-state index in [1.54, 1.807) is 11.3 Å². The third-order valence-electron chi connectivity index (χ3n) is 5.24. The Balaban J connectivity index is 1.58. The monoisotopic (exact) mass is 392 g/mol. The minimum absolute atomic E-state index is 0.0203. The Labute approximate surface area is 166 Å². The van der Waals surface area contributed by atoms with E-state index in [-0.39, 0.29) is 17.4 Å². The van der Waals surface area contributed by atoms with Crippen molar-refractivity contribution in [2.24, 2.45) is 4.99 Å². The summed E-state index contributed by atoms with van der Waals surface area (Å²) in [6.45, 7) is 12.0. The zero-order valence-electron chi connectivity index (χ0n) is 16.7. The van der Waals surface area contributed by atoms with Crippen LogP contribution >= 0.6 is 11.3 Å². The lowest BCUT2D eigenvalue weighted by Gasteiger charge is -2.37. The number of thiophene rings is 1. The second-order valence-corrected chi connectivity index (χ2v) is 8.79. The van der Waals surface area contributed by atoms with Crippen LogP contribution in [0.5, 0.6) is 0 Å². The van der Waals surface area contributed by atoms with Gasteiger partial charge in [-0.15, -0.1) is 11.3 Å². The maximum Gasteiger partial charge on any atom is 0.251 e. The summed E-state index contributed by atoms with van der Waals surface area (Å²) in [5.74, 6) is 1.11. The van der Waals surface area contributed by atoms with E-state index in [2.05, 4.69) is 48.5 Å². The molecular formula is C20H32N4O2S. The molecule has 1 aromatic rings. The van der Waals surface area contributed by atoms with Crippen molar-refractivity contribution in [1.29, 1.82) is 0 Å². The average molecular weight is 393 g/mol. The number of carbonyl (C=O) groups excluding carboxylic acids is 1. The molecule has 1 amide bonds. The fourth-order valence-electron chi connectivity index (χ4n) is 3.55. The van der Waals surface area contributed by atoms with Gasteiger partial charge in [0.25, 0.3) is 5.91 Å². The maximum atomic E-state index is 12.5. The van der Waals surface area contributed by atoms with E-state index in [1.165, 1.54) is 4.88 Å². The molecular weight excluding hydrogens is 360 g/mol. The highest BCUT2D eigenvalue weighted by atomic mass is 32.1. The number of amides is 1. The zero-order valence-corrected chi connectivity index (χ0v) is 17.6. The van der Waals surface area contributed by atoms with Gasteiger partial charge in [0.15, 0.2) is 5.96 Å². The maximum absolute atomic E-state index is 12.5. The first kappa shape index (κ1) is 20.1. The minimum atomic E-state index is -0.218. The highest BCUT2D eigenvalue weighted by Crippen LogP contribution is 2.27. The summed E-state index contributed by atoms with van der Waals surface area (Å²) >= 11 is 1.79. The molecule has 2 aliphatic heterocycles. The summed E-state index contributed by atoms with van der Waals surface area (Å²) < 4.78 is 5.55. The van der Waals surface area contributed by atoms with Crippen molar-refractivity contribution in [3.8, 4) is 0 Å². The molecule has 1 aromatic heterocycles. The van der Waals surface area contributed by atoms with Crippen LogP contribution in [0.2, 0.25) is 0 Å². The molecule has 0 aromatic carbocycles. The summed E-state index contributed by atoms with van der Waals surface area (Å²) in [5.41, 5.74) is 0.0203. The molecule has 0 radical (unpaired) electrons. The number of hydrogen-bond acceptors (Lipinski definition) is 4. The lowest BCUT2D eigenvalue weighted by atomic mass is 9.92. The molecule has 2 aliphatic rings. The molecule has 0 spiro atoms. The number of aliphatic imine (C=N–C) groups is 1.